The topological polar surface area (TPSA) is 74.6 Å². The normalized spacial score (nSPS) is 10.3. The molecule has 1 heterocycles. The SMILES string of the molecule is COc1ccc(C(=O)NCCCn2cc(C)cn2)c(OC)c1OC. The third-order valence-electron chi connectivity index (χ3n) is 3.56. The molecule has 1 amide bonds. The fourth-order valence-corrected chi connectivity index (χ4v) is 2.41. The molecule has 130 valence electrons. The summed E-state index contributed by atoms with van der Waals surface area (Å²) >= 11 is 0. The minimum Gasteiger partial charge on any atom is -0.493 e. The van der Waals surface area contributed by atoms with Gasteiger partial charge in [0.1, 0.15) is 0 Å². The Bertz CT molecular complexity index is 697. The summed E-state index contributed by atoms with van der Waals surface area (Å²) < 4.78 is 17.7. The number of carbonyl (C=O) groups excluding carboxylic acids is 1. The van der Waals surface area contributed by atoms with Gasteiger partial charge in [0, 0.05) is 19.3 Å². The average molecular weight is 333 g/mol. The Labute approximate surface area is 141 Å². The largest absolute Gasteiger partial charge is 0.493 e. The molecule has 0 saturated heterocycles. The molecule has 24 heavy (non-hydrogen) atoms. The van der Waals surface area contributed by atoms with E-state index >= 15 is 0 Å². The molecular weight excluding hydrogens is 310 g/mol. The summed E-state index contributed by atoms with van der Waals surface area (Å²) in [6.45, 7) is 3.28. The van der Waals surface area contributed by atoms with Gasteiger partial charge in [0.05, 0.1) is 33.1 Å². The summed E-state index contributed by atoms with van der Waals surface area (Å²) in [6, 6.07) is 3.34. The molecule has 0 bridgehead atoms. The number of benzene rings is 1. The van der Waals surface area contributed by atoms with E-state index in [-0.39, 0.29) is 5.91 Å². The molecule has 0 atom stereocenters. The number of nitrogens with zero attached hydrogens (tertiary/aromatic N) is 2. The number of hydrogen-bond acceptors (Lipinski definition) is 5. The highest BCUT2D eigenvalue weighted by Gasteiger charge is 2.20. The predicted molar refractivity (Wildman–Crippen MR) is 90.0 cm³/mol. The van der Waals surface area contributed by atoms with E-state index in [1.54, 1.807) is 12.1 Å². The number of nitrogens with one attached hydrogen (secondary N) is 1. The van der Waals surface area contributed by atoms with Crippen LogP contribution in [0, 0.1) is 6.92 Å². The molecule has 1 N–H and O–H groups in total. The van der Waals surface area contributed by atoms with Crippen molar-refractivity contribution in [3.63, 3.8) is 0 Å². The molecule has 2 aromatic rings. The maximum atomic E-state index is 12.4. The summed E-state index contributed by atoms with van der Waals surface area (Å²) in [5.41, 5.74) is 1.53. The second kappa shape index (κ2) is 8.24. The van der Waals surface area contributed by atoms with Crippen LogP contribution in [-0.2, 0) is 6.54 Å². The lowest BCUT2D eigenvalue weighted by Crippen LogP contribution is -2.26. The summed E-state index contributed by atoms with van der Waals surface area (Å²) in [5.74, 6) is 1.06. The van der Waals surface area contributed by atoms with Crippen LogP contribution in [0.1, 0.15) is 22.3 Å². The molecule has 2 rings (SSSR count). The first kappa shape index (κ1) is 17.7. The van der Waals surface area contributed by atoms with E-state index in [0.29, 0.717) is 29.4 Å². The van der Waals surface area contributed by atoms with Gasteiger partial charge in [-0.1, -0.05) is 0 Å². The minimum atomic E-state index is -0.218. The van der Waals surface area contributed by atoms with Crippen LogP contribution in [0.4, 0.5) is 0 Å². The summed E-state index contributed by atoms with van der Waals surface area (Å²) in [6.07, 6.45) is 4.56. The van der Waals surface area contributed by atoms with E-state index in [4.69, 9.17) is 14.2 Å². The van der Waals surface area contributed by atoms with Crippen molar-refractivity contribution in [2.45, 2.75) is 19.9 Å². The van der Waals surface area contributed by atoms with Crippen LogP contribution in [0.2, 0.25) is 0 Å². The first-order chi connectivity index (χ1) is 11.6. The highest BCUT2D eigenvalue weighted by molar-refractivity contribution is 5.98. The van der Waals surface area contributed by atoms with Crippen LogP contribution in [0.5, 0.6) is 17.2 Å². The zero-order valence-electron chi connectivity index (χ0n) is 14.5. The maximum Gasteiger partial charge on any atom is 0.255 e. The Hall–Kier alpha value is -2.70. The molecule has 0 aliphatic carbocycles. The van der Waals surface area contributed by atoms with E-state index in [2.05, 4.69) is 10.4 Å². The first-order valence-corrected chi connectivity index (χ1v) is 7.67. The van der Waals surface area contributed by atoms with E-state index in [1.807, 2.05) is 24.0 Å². The van der Waals surface area contributed by atoms with Crippen molar-refractivity contribution < 1.29 is 19.0 Å². The van der Waals surface area contributed by atoms with Crippen LogP contribution in [-0.4, -0.2) is 43.6 Å². The summed E-state index contributed by atoms with van der Waals surface area (Å²) in [5, 5.41) is 7.10. The number of aryl methyl sites for hydroxylation is 2. The average Bonchev–Trinajstić information content (AvgIpc) is 3.02. The highest BCUT2D eigenvalue weighted by atomic mass is 16.5. The zero-order valence-corrected chi connectivity index (χ0v) is 14.5. The van der Waals surface area contributed by atoms with Gasteiger partial charge in [-0.3, -0.25) is 9.48 Å². The van der Waals surface area contributed by atoms with Gasteiger partial charge in [-0.25, -0.2) is 0 Å². The number of ether oxygens (including phenoxy) is 3. The Morgan fingerprint density at radius 2 is 1.92 bits per heavy atom. The van der Waals surface area contributed by atoms with Gasteiger partial charge in [-0.2, -0.15) is 5.10 Å². The maximum absolute atomic E-state index is 12.4. The van der Waals surface area contributed by atoms with Crippen molar-refractivity contribution in [1.82, 2.24) is 15.1 Å². The standard InChI is InChI=1S/C17H23N3O4/c1-12-10-19-20(11-12)9-5-8-18-17(21)13-6-7-14(22-2)16(24-4)15(13)23-3/h6-7,10-11H,5,8-9H2,1-4H3,(H,18,21). The van der Waals surface area contributed by atoms with Crippen molar-refractivity contribution in [3.8, 4) is 17.2 Å². The van der Waals surface area contributed by atoms with E-state index in [9.17, 15) is 4.79 Å². The lowest BCUT2D eigenvalue weighted by atomic mass is 10.1. The molecule has 0 saturated carbocycles. The van der Waals surface area contributed by atoms with Gasteiger partial charge in [-0.15, -0.1) is 0 Å². The summed E-state index contributed by atoms with van der Waals surface area (Å²) in [4.78, 5) is 12.4. The number of hydrogen-bond donors (Lipinski definition) is 1. The molecule has 1 aromatic carbocycles. The molecule has 0 unspecified atom stereocenters. The van der Waals surface area contributed by atoms with Gasteiger partial charge in [0.25, 0.3) is 5.91 Å². The lowest BCUT2D eigenvalue weighted by molar-refractivity contribution is 0.0948. The van der Waals surface area contributed by atoms with Crippen LogP contribution in [0.25, 0.3) is 0 Å². The fraction of sp³-hybridized carbons (Fsp3) is 0.412. The number of carbonyl (C=O) groups is 1. The Kier molecular flexibility index (Phi) is 6.06. The van der Waals surface area contributed by atoms with Crippen molar-refractivity contribution >= 4 is 5.91 Å². The molecule has 7 heteroatoms. The Balaban J connectivity index is 1.98. The molecule has 7 nitrogen and oxygen atoms in total. The minimum absolute atomic E-state index is 0.218. The molecule has 0 fully saturated rings. The Morgan fingerprint density at radius 3 is 2.50 bits per heavy atom. The van der Waals surface area contributed by atoms with Crippen molar-refractivity contribution in [2.24, 2.45) is 0 Å². The monoisotopic (exact) mass is 333 g/mol. The smallest absolute Gasteiger partial charge is 0.255 e. The lowest BCUT2D eigenvalue weighted by Gasteiger charge is -2.15. The highest BCUT2D eigenvalue weighted by Crippen LogP contribution is 2.39. The van der Waals surface area contributed by atoms with Gasteiger partial charge in [0.2, 0.25) is 5.75 Å². The van der Waals surface area contributed by atoms with Gasteiger partial charge in [0.15, 0.2) is 11.5 Å². The number of rotatable bonds is 8. The van der Waals surface area contributed by atoms with Crippen molar-refractivity contribution in [1.29, 1.82) is 0 Å². The van der Waals surface area contributed by atoms with Crippen LogP contribution < -0.4 is 19.5 Å². The number of methoxy groups -OCH3 is 3. The van der Waals surface area contributed by atoms with Crippen LogP contribution in [0.3, 0.4) is 0 Å². The van der Waals surface area contributed by atoms with Crippen molar-refractivity contribution in [3.05, 3.63) is 35.7 Å². The van der Waals surface area contributed by atoms with Gasteiger partial charge < -0.3 is 19.5 Å². The van der Waals surface area contributed by atoms with E-state index in [1.165, 1.54) is 21.3 Å². The fourth-order valence-electron chi connectivity index (χ4n) is 2.41. The molecule has 0 spiro atoms. The molecule has 0 aliphatic rings. The number of aromatic nitrogens is 2. The van der Waals surface area contributed by atoms with E-state index < -0.39 is 0 Å². The number of amides is 1. The second-order valence-corrected chi connectivity index (χ2v) is 5.27. The van der Waals surface area contributed by atoms with Gasteiger partial charge >= 0.3 is 0 Å². The third-order valence-corrected chi connectivity index (χ3v) is 3.56. The predicted octanol–water partition coefficient (Wildman–Crippen LogP) is 2.04. The molecule has 0 radical (unpaired) electrons. The van der Waals surface area contributed by atoms with Gasteiger partial charge in [-0.05, 0) is 31.0 Å². The second-order valence-electron chi connectivity index (χ2n) is 5.27. The summed E-state index contributed by atoms with van der Waals surface area (Å²) in [7, 11) is 4.54. The third kappa shape index (κ3) is 3.98. The van der Waals surface area contributed by atoms with Crippen LogP contribution >= 0.6 is 0 Å². The zero-order chi connectivity index (χ0) is 17.5. The van der Waals surface area contributed by atoms with E-state index in [0.717, 1.165) is 18.5 Å². The quantitative estimate of drug-likeness (QED) is 0.748. The first-order valence-electron chi connectivity index (χ1n) is 7.67. The molecule has 1 aromatic heterocycles. The van der Waals surface area contributed by atoms with Crippen molar-refractivity contribution in [2.75, 3.05) is 27.9 Å². The Morgan fingerprint density at radius 1 is 1.17 bits per heavy atom. The molecule has 0 aliphatic heterocycles. The molecular formula is C17H23N3O4. The van der Waals surface area contributed by atoms with Crippen LogP contribution in [0.15, 0.2) is 24.5 Å².